The van der Waals surface area contributed by atoms with E-state index in [0.717, 1.165) is 24.1 Å². The van der Waals surface area contributed by atoms with Gasteiger partial charge in [-0.25, -0.2) is 9.97 Å². The molecule has 0 fully saturated rings. The first kappa shape index (κ1) is 9.45. The highest BCUT2D eigenvalue weighted by Crippen LogP contribution is 2.11. The molecule has 0 unspecified atom stereocenters. The number of nitrogens with zero attached hydrogens (tertiary/aromatic N) is 3. The summed E-state index contributed by atoms with van der Waals surface area (Å²) >= 11 is 0. The predicted octanol–water partition coefficient (Wildman–Crippen LogP) is 0.149. The van der Waals surface area contributed by atoms with Crippen molar-refractivity contribution in [2.24, 2.45) is 0 Å². The average molecular weight is 204 g/mol. The van der Waals surface area contributed by atoms with Crippen LogP contribution in [0.4, 0.5) is 11.8 Å². The lowest BCUT2D eigenvalue weighted by molar-refractivity contribution is 0.912. The normalized spacial score (nSPS) is 10.4. The number of hydrogen-bond acceptors (Lipinski definition) is 5. The van der Waals surface area contributed by atoms with Gasteiger partial charge in [0.2, 0.25) is 5.95 Å². The van der Waals surface area contributed by atoms with E-state index in [0.29, 0.717) is 5.82 Å². The zero-order valence-corrected chi connectivity index (χ0v) is 8.14. The number of nitrogens with two attached hydrogens (primary N) is 2. The Morgan fingerprint density at radius 1 is 1.20 bits per heavy atom. The van der Waals surface area contributed by atoms with Crippen molar-refractivity contribution < 1.29 is 0 Å². The standard InChI is InChI=1S/C9H12N6/c10-8-6(3-13-9(11)15-8)1-2-7-4-12-5-14-7/h3-5H,1-2H2,(H,12,14)(H4,10,11,13,15). The molecule has 0 aliphatic heterocycles. The first-order chi connectivity index (χ1) is 7.25. The topological polar surface area (TPSA) is 106 Å². The van der Waals surface area contributed by atoms with Crippen LogP contribution in [0, 0.1) is 0 Å². The van der Waals surface area contributed by atoms with Gasteiger partial charge in [0, 0.05) is 23.7 Å². The van der Waals surface area contributed by atoms with Gasteiger partial charge in [0.05, 0.1) is 6.33 Å². The third kappa shape index (κ3) is 2.22. The molecule has 0 amide bonds. The van der Waals surface area contributed by atoms with E-state index in [1.54, 1.807) is 18.7 Å². The second-order valence-electron chi connectivity index (χ2n) is 3.22. The summed E-state index contributed by atoms with van der Waals surface area (Å²) in [5, 5.41) is 0. The maximum Gasteiger partial charge on any atom is 0.221 e. The number of aryl methyl sites for hydroxylation is 2. The maximum absolute atomic E-state index is 5.70. The van der Waals surface area contributed by atoms with Crippen LogP contribution in [0.25, 0.3) is 0 Å². The highest BCUT2D eigenvalue weighted by atomic mass is 15.0. The molecule has 0 aromatic carbocycles. The number of nitrogens with one attached hydrogen (secondary N) is 1. The van der Waals surface area contributed by atoms with E-state index >= 15 is 0 Å². The molecule has 0 atom stereocenters. The predicted molar refractivity (Wildman–Crippen MR) is 56.9 cm³/mol. The third-order valence-electron chi connectivity index (χ3n) is 2.14. The number of rotatable bonds is 3. The van der Waals surface area contributed by atoms with Crippen LogP contribution in [0.2, 0.25) is 0 Å². The van der Waals surface area contributed by atoms with E-state index in [1.807, 2.05) is 0 Å². The van der Waals surface area contributed by atoms with E-state index in [4.69, 9.17) is 11.5 Å². The highest BCUT2D eigenvalue weighted by molar-refractivity contribution is 5.41. The lowest BCUT2D eigenvalue weighted by atomic mass is 10.1. The van der Waals surface area contributed by atoms with Crippen molar-refractivity contribution in [1.29, 1.82) is 0 Å². The zero-order valence-electron chi connectivity index (χ0n) is 8.14. The van der Waals surface area contributed by atoms with Gasteiger partial charge in [-0.3, -0.25) is 0 Å². The Bertz CT molecular complexity index is 436. The van der Waals surface area contributed by atoms with Gasteiger partial charge in [-0.1, -0.05) is 0 Å². The summed E-state index contributed by atoms with van der Waals surface area (Å²) in [7, 11) is 0. The Hall–Kier alpha value is -2.11. The molecule has 0 bridgehead atoms. The van der Waals surface area contributed by atoms with Crippen molar-refractivity contribution in [3.8, 4) is 0 Å². The van der Waals surface area contributed by atoms with E-state index in [1.165, 1.54) is 0 Å². The van der Waals surface area contributed by atoms with E-state index in [9.17, 15) is 0 Å². The van der Waals surface area contributed by atoms with Gasteiger partial charge in [0.15, 0.2) is 0 Å². The number of aromatic amines is 1. The van der Waals surface area contributed by atoms with E-state index in [2.05, 4.69) is 19.9 Å². The third-order valence-corrected chi connectivity index (χ3v) is 2.14. The minimum Gasteiger partial charge on any atom is -0.383 e. The molecule has 2 rings (SSSR count). The number of aromatic nitrogens is 4. The van der Waals surface area contributed by atoms with Crippen LogP contribution in [0.1, 0.15) is 11.3 Å². The number of imidazole rings is 1. The lowest BCUT2D eigenvalue weighted by Gasteiger charge is -2.03. The molecule has 2 heterocycles. The largest absolute Gasteiger partial charge is 0.383 e. The van der Waals surface area contributed by atoms with Gasteiger partial charge >= 0.3 is 0 Å². The molecule has 2 aromatic rings. The minimum atomic E-state index is 0.206. The summed E-state index contributed by atoms with van der Waals surface area (Å²) in [5.74, 6) is 0.653. The fourth-order valence-corrected chi connectivity index (χ4v) is 1.32. The smallest absolute Gasteiger partial charge is 0.221 e. The van der Waals surface area contributed by atoms with Gasteiger partial charge in [0.1, 0.15) is 5.82 Å². The molecule has 6 nitrogen and oxygen atoms in total. The number of anilines is 2. The zero-order chi connectivity index (χ0) is 10.7. The van der Waals surface area contributed by atoms with Crippen LogP contribution in [0.3, 0.4) is 0 Å². The Kier molecular flexibility index (Phi) is 2.49. The summed E-state index contributed by atoms with van der Waals surface area (Å²) in [6.07, 6.45) is 6.70. The van der Waals surface area contributed by atoms with Crippen LogP contribution in [0.15, 0.2) is 18.7 Å². The van der Waals surface area contributed by atoms with Crippen LogP contribution < -0.4 is 11.5 Å². The van der Waals surface area contributed by atoms with Crippen LogP contribution in [0.5, 0.6) is 0 Å². The summed E-state index contributed by atoms with van der Waals surface area (Å²) in [6, 6.07) is 0. The minimum absolute atomic E-state index is 0.206. The molecular weight excluding hydrogens is 192 g/mol. The first-order valence-electron chi connectivity index (χ1n) is 4.60. The summed E-state index contributed by atoms with van der Waals surface area (Å²) in [5.41, 5.74) is 13.1. The highest BCUT2D eigenvalue weighted by Gasteiger charge is 2.03. The fourth-order valence-electron chi connectivity index (χ4n) is 1.32. The number of hydrogen-bond donors (Lipinski definition) is 3. The summed E-state index contributed by atoms with van der Waals surface area (Å²) in [4.78, 5) is 14.7. The van der Waals surface area contributed by atoms with Gasteiger partial charge in [0.25, 0.3) is 0 Å². The molecule has 0 spiro atoms. The first-order valence-corrected chi connectivity index (χ1v) is 4.60. The Labute approximate surface area is 86.8 Å². The molecule has 2 aromatic heterocycles. The lowest BCUT2D eigenvalue weighted by Crippen LogP contribution is -2.04. The molecular formula is C9H12N6. The van der Waals surface area contributed by atoms with Crippen molar-refractivity contribution in [1.82, 2.24) is 19.9 Å². The molecule has 5 N–H and O–H groups in total. The van der Waals surface area contributed by atoms with Crippen LogP contribution in [-0.2, 0) is 12.8 Å². The molecule has 15 heavy (non-hydrogen) atoms. The second kappa shape index (κ2) is 3.95. The molecule has 0 saturated carbocycles. The van der Waals surface area contributed by atoms with Crippen molar-refractivity contribution >= 4 is 11.8 Å². The van der Waals surface area contributed by atoms with Gasteiger partial charge < -0.3 is 16.5 Å². The Morgan fingerprint density at radius 3 is 2.73 bits per heavy atom. The van der Waals surface area contributed by atoms with Gasteiger partial charge in [-0.15, -0.1) is 0 Å². The summed E-state index contributed by atoms with van der Waals surface area (Å²) < 4.78 is 0. The van der Waals surface area contributed by atoms with Crippen LogP contribution >= 0.6 is 0 Å². The Morgan fingerprint density at radius 2 is 2.07 bits per heavy atom. The molecule has 78 valence electrons. The summed E-state index contributed by atoms with van der Waals surface area (Å²) in [6.45, 7) is 0. The number of H-pyrrole nitrogens is 1. The fraction of sp³-hybridized carbons (Fsp3) is 0.222. The number of nitrogen functional groups attached to an aromatic ring is 2. The van der Waals surface area contributed by atoms with Crippen molar-refractivity contribution in [2.75, 3.05) is 11.5 Å². The van der Waals surface area contributed by atoms with E-state index in [-0.39, 0.29) is 5.95 Å². The van der Waals surface area contributed by atoms with Crippen molar-refractivity contribution in [3.63, 3.8) is 0 Å². The molecule has 0 aliphatic carbocycles. The van der Waals surface area contributed by atoms with Crippen molar-refractivity contribution in [3.05, 3.63) is 30.0 Å². The molecule has 6 heteroatoms. The van der Waals surface area contributed by atoms with Crippen molar-refractivity contribution in [2.45, 2.75) is 12.8 Å². The maximum atomic E-state index is 5.70. The second-order valence-corrected chi connectivity index (χ2v) is 3.22. The molecule has 0 aliphatic rings. The SMILES string of the molecule is Nc1ncc(CCc2cnc[nH]2)c(N)n1. The quantitative estimate of drug-likeness (QED) is 0.659. The van der Waals surface area contributed by atoms with Gasteiger partial charge in [-0.2, -0.15) is 4.98 Å². The van der Waals surface area contributed by atoms with E-state index < -0.39 is 0 Å². The van der Waals surface area contributed by atoms with Crippen LogP contribution in [-0.4, -0.2) is 19.9 Å². The van der Waals surface area contributed by atoms with Gasteiger partial charge in [-0.05, 0) is 12.8 Å². The molecule has 0 saturated heterocycles. The average Bonchev–Trinajstić information content (AvgIpc) is 2.69. The Balaban J connectivity index is 2.05. The molecule has 0 radical (unpaired) electrons. The monoisotopic (exact) mass is 204 g/mol.